The van der Waals surface area contributed by atoms with Crippen molar-refractivity contribution in [2.75, 3.05) is 6.61 Å². The van der Waals surface area contributed by atoms with Gasteiger partial charge in [-0.25, -0.2) is 4.79 Å². The summed E-state index contributed by atoms with van der Waals surface area (Å²) in [5.74, 6) is 1.30. The lowest BCUT2D eigenvalue weighted by Gasteiger charge is -2.18. The van der Waals surface area contributed by atoms with E-state index in [-0.39, 0.29) is 12.2 Å². The van der Waals surface area contributed by atoms with E-state index < -0.39 is 12.0 Å². The second kappa shape index (κ2) is 13.3. The van der Waals surface area contributed by atoms with Gasteiger partial charge in [0.2, 0.25) is 0 Å². The topological polar surface area (TPSA) is 88.8 Å². The van der Waals surface area contributed by atoms with E-state index in [0.29, 0.717) is 36.5 Å². The second-order valence-electron chi connectivity index (χ2n) is 9.29. The molecule has 1 atom stereocenters. The van der Waals surface area contributed by atoms with Gasteiger partial charge in [0.15, 0.2) is 5.78 Å². The Hall–Kier alpha value is -4.58. The SMILES string of the molecule is CC/C(=C/C(=O)c1ccccc1)N[C@@H](Cc1ccc(OCCc2cc(-c3ccccc3)oc2C)cc1)C(=O)O. The zero-order valence-electron chi connectivity index (χ0n) is 22.2. The number of hydrogen-bond donors (Lipinski definition) is 2. The van der Waals surface area contributed by atoms with E-state index in [0.717, 1.165) is 28.2 Å². The normalized spacial score (nSPS) is 12.1. The molecule has 0 fully saturated rings. The smallest absolute Gasteiger partial charge is 0.326 e. The molecule has 39 heavy (non-hydrogen) atoms. The highest BCUT2D eigenvalue weighted by atomic mass is 16.5. The molecule has 0 saturated carbocycles. The Bertz CT molecular complexity index is 1410. The van der Waals surface area contributed by atoms with Crippen molar-refractivity contribution in [3.05, 3.63) is 125 Å². The Labute approximate surface area is 229 Å². The average molecular weight is 524 g/mol. The van der Waals surface area contributed by atoms with Crippen LogP contribution in [-0.2, 0) is 17.6 Å². The van der Waals surface area contributed by atoms with Crippen LogP contribution in [0.1, 0.15) is 40.6 Å². The van der Waals surface area contributed by atoms with Gasteiger partial charge in [-0.2, -0.15) is 0 Å². The molecule has 0 aliphatic rings. The Morgan fingerprint density at radius 2 is 1.64 bits per heavy atom. The van der Waals surface area contributed by atoms with Crippen LogP contribution in [-0.4, -0.2) is 29.5 Å². The summed E-state index contributed by atoms with van der Waals surface area (Å²) in [7, 11) is 0. The maximum atomic E-state index is 12.5. The monoisotopic (exact) mass is 523 g/mol. The Morgan fingerprint density at radius 3 is 2.28 bits per heavy atom. The molecule has 2 N–H and O–H groups in total. The molecule has 4 rings (SSSR count). The summed E-state index contributed by atoms with van der Waals surface area (Å²) < 4.78 is 11.9. The number of furan rings is 1. The van der Waals surface area contributed by atoms with Crippen molar-refractivity contribution in [3.63, 3.8) is 0 Å². The van der Waals surface area contributed by atoms with Crippen LogP contribution >= 0.6 is 0 Å². The molecule has 4 aromatic rings. The maximum absolute atomic E-state index is 12.5. The van der Waals surface area contributed by atoms with Gasteiger partial charge in [-0.05, 0) is 42.7 Å². The number of benzene rings is 3. The molecule has 0 radical (unpaired) electrons. The first-order valence-corrected chi connectivity index (χ1v) is 13.1. The number of aliphatic carboxylic acids is 1. The number of rotatable bonds is 13. The van der Waals surface area contributed by atoms with E-state index >= 15 is 0 Å². The van der Waals surface area contributed by atoms with Gasteiger partial charge in [0, 0.05) is 35.7 Å². The molecule has 6 heteroatoms. The summed E-state index contributed by atoms with van der Waals surface area (Å²) in [6.45, 7) is 4.34. The van der Waals surface area contributed by atoms with Crippen LogP contribution in [0.15, 0.2) is 107 Å². The Morgan fingerprint density at radius 1 is 0.974 bits per heavy atom. The van der Waals surface area contributed by atoms with Gasteiger partial charge in [0.25, 0.3) is 0 Å². The lowest BCUT2D eigenvalue weighted by molar-refractivity contribution is -0.139. The first-order chi connectivity index (χ1) is 18.9. The van der Waals surface area contributed by atoms with Crippen molar-refractivity contribution in [1.29, 1.82) is 0 Å². The summed E-state index contributed by atoms with van der Waals surface area (Å²) in [6.07, 6.45) is 2.97. The molecular weight excluding hydrogens is 490 g/mol. The minimum absolute atomic E-state index is 0.160. The predicted octanol–water partition coefficient (Wildman–Crippen LogP) is 6.64. The van der Waals surface area contributed by atoms with Crippen LogP contribution in [0.3, 0.4) is 0 Å². The van der Waals surface area contributed by atoms with Gasteiger partial charge >= 0.3 is 5.97 Å². The van der Waals surface area contributed by atoms with Gasteiger partial charge in [0.1, 0.15) is 23.3 Å². The largest absolute Gasteiger partial charge is 0.493 e. The van der Waals surface area contributed by atoms with Crippen molar-refractivity contribution in [2.24, 2.45) is 0 Å². The number of carbonyl (C=O) groups excluding carboxylic acids is 1. The molecule has 0 spiro atoms. The molecule has 0 unspecified atom stereocenters. The van der Waals surface area contributed by atoms with Crippen LogP contribution < -0.4 is 10.1 Å². The molecule has 0 amide bonds. The maximum Gasteiger partial charge on any atom is 0.326 e. The first-order valence-electron chi connectivity index (χ1n) is 13.1. The number of allylic oxidation sites excluding steroid dienone is 2. The van der Waals surface area contributed by atoms with E-state index in [1.165, 1.54) is 6.08 Å². The standard InChI is InChI=1S/C33H33NO5/c1-3-28(22-31(35)25-10-6-4-7-11-25)34-30(33(36)37)20-24-14-16-29(17-15-24)38-19-18-27-21-32(39-23(27)2)26-12-8-5-9-13-26/h4-17,21-22,30,34H,3,18-20H2,1-2H3,(H,36,37)/b28-22-/t30-/m0/s1. The highest BCUT2D eigenvalue weighted by molar-refractivity contribution is 6.04. The third-order valence-electron chi connectivity index (χ3n) is 6.48. The fourth-order valence-electron chi connectivity index (χ4n) is 4.26. The van der Waals surface area contributed by atoms with E-state index in [1.54, 1.807) is 24.3 Å². The van der Waals surface area contributed by atoms with E-state index in [9.17, 15) is 14.7 Å². The van der Waals surface area contributed by atoms with Gasteiger partial charge < -0.3 is 19.6 Å². The third-order valence-corrected chi connectivity index (χ3v) is 6.48. The summed E-state index contributed by atoms with van der Waals surface area (Å²) in [4.78, 5) is 24.5. The average Bonchev–Trinajstić information content (AvgIpc) is 3.34. The van der Waals surface area contributed by atoms with Gasteiger partial charge in [-0.15, -0.1) is 0 Å². The van der Waals surface area contributed by atoms with Gasteiger partial charge in [0.05, 0.1) is 6.61 Å². The van der Waals surface area contributed by atoms with Crippen molar-refractivity contribution >= 4 is 11.8 Å². The molecule has 1 heterocycles. The predicted molar refractivity (Wildman–Crippen MR) is 152 cm³/mol. The Kier molecular flexibility index (Phi) is 9.35. The number of ether oxygens (including phenoxy) is 1. The van der Waals surface area contributed by atoms with Crippen LogP contribution in [0.2, 0.25) is 0 Å². The lowest BCUT2D eigenvalue weighted by atomic mass is 10.0. The highest BCUT2D eigenvalue weighted by Gasteiger charge is 2.19. The minimum Gasteiger partial charge on any atom is -0.493 e. The number of hydrogen-bond acceptors (Lipinski definition) is 5. The summed E-state index contributed by atoms with van der Waals surface area (Å²) in [5.41, 5.74) is 4.15. The molecule has 0 saturated heterocycles. The summed E-state index contributed by atoms with van der Waals surface area (Å²) in [5, 5.41) is 12.8. The van der Waals surface area contributed by atoms with Gasteiger partial charge in [-0.3, -0.25) is 4.79 Å². The van der Waals surface area contributed by atoms with Crippen molar-refractivity contribution in [3.8, 4) is 17.1 Å². The summed E-state index contributed by atoms with van der Waals surface area (Å²) >= 11 is 0. The number of carboxylic acids is 1. The molecule has 200 valence electrons. The molecule has 6 nitrogen and oxygen atoms in total. The van der Waals surface area contributed by atoms with Crippen LogP contribution in [0.5, 0.6) is 5.75 Å². The molecule has 1 aromatic heterocycles. The quantitative estimate of drug-likeness (QED) is 0.151. The number of carboxylic acid groups (broad SMARTS) is 1. The fraction of sp³-hybridized carbons (Fsp3) is 0.212. The van der Waals surface area contributed by atoms with E-state index in [1.807, 2.05) is 74.5 Å². The van der Waals surface area contributed by atoms with Crippen LogP contribution in [0, 0.1) is 6.92 Å². The molecule has 0 aliphatic carbocycles. The van der Waals surface area contributed by atoms with Crippen molar-refractivity contribution < 1.29 is 23.8 Å². The zero-order chi connectivity index (χ0) is 27.6. The third kappa shape index (κ3) is 7.71. The number of nitrogens with one attached hydrogen (secondary N) is 1. The number of ketones is 1. The highest BCUT2D eigenvalue weighted by Crippen LogP contribution is 2.25. The molecule has 3 aromatic carbocycles. The van der Waals surface area contributed by atoms with E-state index in [2.05, 4.69) is 11.4 Å². The molecule has 0 bridgehead atoms. The molecule has 0 aliphatic heterocycles. The minimum atomic E-state index is -0.979. The van der Waals surface area contributed by atoms with Crippen molar-refractivity contribution in [2.45, 2.75) is 39.2 Å². The first kappa shape index (κ1) is 27.5. The fourth-order valence-corrected chi connectivity index (χ4v) is 4.26. The summed E-state index contributed by atoms with van der Waals surface area (Å²) in [6, 6.07) is 27.5. The second-order valence-corrected chi connectivity index (χ2v) is 9.29. The zero-order valence-corrected chi connectivity index (χ0v) is 22.2. The van der Waals surface area contributed by atoms with Gasteiger partial charge in [-0.1, -0.05) is 79.7 Å². The van der Waals surface area contributed by atoms with Crippen molar-refractivity contribution in [1.82, 2.24) is 5.32 Å². The van der Waals surface area contributed by atoms with E-state index in [4.69, 9.17) is 9.15 Å². The Balaban J connectivity index is 1.32. The lowest BCUT2D eigenvalue weighted by Crippen LogP contribution is -2.38. The number of carbonyl (C=O) groups is 2. The number of aryl methyl sites for hydroxylation is 1. The van der Waals surface area contributed by atoms with Crippen LogP contribution in [0.4, 0.5) is 0 Å². The molecular formula is C33H33NO5. The van der Waals surface area contributed by atoms with Crippen LogP contribution in [0.25, 0.3) is 11.3 Å².